The first-order chi connectivity index (χ1) is 16.3. The van der Waals surface area contributed by atoms with Crippen molar-refractivity contribution in [3.8, 4) is 36.5 Å². The molecule has 3 heterocycles. The number of anilines is 1. The largest absolute Gasteiger partial charge is 0.394 e. The molecule has 4 N–H and O–H groups in total. The summed E-state index contributed by atoms with van der Waals surface area (Å²) in [5.41, 5.74) is 0.123. The Labute approximate surface area is 197 Å². The van der Waals surface area contributed by atoms with Gasteiger partial charge in [-0.1, -0.05) is 37.5 Å². The zero-order valence-electron chi connectivity index (χ0n) is 19.0. The van der Waals surface area contributed by atoms with E-state index in [1.807, 2.05) is 0 Å². The van der Waals surface area contributed by atoms with Crippen LogP contribution in [-0.2, 0) is 9.53 Å². The molecule has 2 aromatic rings. The van der Waals surface area contributed by atoms with Crippen molar-refractivity contribution in [2.75, 3.05) is 31.6 Å². The molecule has 3 atom stereocenters. The first-order valence-corrected chi connectivity index (χ1v) is 10.8. The van der Waals surface area contributed by atoms with Crippen molar-refractivity contribution in [2.24, 2.45) is 5.92 Å². The predicted molar refractivity (Wildman–Crippen MR) is 126 cm³/mol. The van der Waals surface area contributed by atoms with Crippen LogP contribution >= 0.6 is 0 Å². The molecule has 178 valence electrons. The second-order valence-electron chi connectivity index (χ2n) is 8.18. The number of aliphatic hydroxyl groups excluding tert-OH is 2. The summed E-state index contributed by atoms with van der Waals surface area (Å²) in [6.07, 6.45) is 10.2. The molecule has 1 aliphatic rings. The number of terminal acetylenes is 2. The summed E-state index contributed by atoms with van der Waals surface area (Å²) in [4.78, 5) is 33.9. The van der Waals surface area contributed by atoms with E-state index < -0.39 is 24.0 Å². The van der Waals surface area contributed by atoms with Crippen LogP contribution in [0.2, 0.25) is 0 Å². The summed E-state index contributed by atoms with van der Waals surface area (Å²) >= 11 is 0. The van der Waals surface area contributed by atoms with Crippen LogP contribution in [-0.4, -0.2) is 74.0 Å². The van der Waals surface area contributed by atoms with Gasteiger partial charge in [-0.15, -0.1) is 12.8 Å². The van der Waals surface area contributed by atoms with Gasteiger partial charge < -0.3 is 19.5 Å². The third-order valence-corrected chi connectivity index (χ3v) is 5.30. The molecule has 1 saturated heterocycles. The van der Waals surface area contributed by atoms with Gasteiger partial charge in [0.1, 0.15) is 12.3 Å². The number of hydrogen-bond acceptors (Lipinski definition) is 7. The van der Waals surface area contributed by atoms with E-state index in [-0.39, 0.29) is 41.8 Å². The number of rotatable bonds is 7. The minimum atomic E-state index is -0.884. The summed E-state index contributed by atoms with van der Waals surface area (Å²) in [7, 11) is 0. The highest BCUT2D eigenvalue weighted by atomic mass is 16.5. The molecule has 0 saturated carbocycles. The van der Waals surface area contributed by atoms with E-state index in [2.05, 4.69) is 39.0 Å². The molecular weight excluding hydrogens is 438 g/mol. The molecule has 0 spiro atoms. The maximum absolute atomic E-state index is 13.0. The minimum absolute atomic E-state index is 0.0125. The number of amides is 1. The monoisotopic (exact) mass is 465 g/mol. The first kappa shape index (κ1) is 25.0. The third-order valence-electron chi connectivity index (χ3n) is 5.30. The molecule has 1 aliphatic heterocycles. The molecule has 3 rings (SSSR count). The number of aliphatic hydroxyl groups is 2. The Bertz CT molecular complexity index is 1240. The van der Waals surface area contributed by atoms with Crippen molar-refractivity contribution in [1.82, 2.24) is 19.4 Å². The molecule has 2 aromatic heterocycles. The molecule has 0 aliphatic carbocycles. The van der Waals surface area contributed by atoms with Gasteiger partial charge in [-0.05, 0) is 0 Å². The fourth-order valence-corrected chi connectivity index (χ4v) is 3.51. The van der Waals surface area contributed by atoms with Gasteiger partial charge in [-0.3, -0.25) is 24.8 Å². The van der Waals surface area contributed by atoms with Gasteiger partial charge in [0.05, 0.1) is 43.3 Å². The van der Waals surface area contributed by atoms with Gasteiger partial charge in [-0.2, -0.15) is 4.98 Å². The van der Waals surface area contributed by atoms with Crippen LogP contribution in [0.4, 0.5) is 5.95 Å². The zero-order valence-corrected chi connectivity index (χ0v) is 19.0. The average Bonchev–Trinajstić information content (AvgIpc) is 3.34. The maximum atomic E-state index is 13.0. The number of hydrogen-bond donors (Lipinski definition) is 4. The van der Waals surface area contributed by atoms with Crippen LogP contribution in [0.5, 0.6) is 0 Å². The number of aromatic amines is 1. The highest BCUT2D eigenvalue weighted by Crippen LogP contribution is 2.32. The fraction of sp³-hybridized carbons (Fsp3) is 0.458. The Morgan fingerprint density at radius 1 is 1.38 bits per heavy atom. The predicted octanol–water partition coefficient (Wildman–Crippen LogP) is -0.120. The summed E-state index contributed by atoms with van der Waals surface area (Å²) in [5, 5.41) is 22.4. The number of nitrogens with one attached hydrogen (secondary N) is 2. The van der Waals surface area contributed by atoms with Gasteiger partial charge in [0.2, 0.25) is 11.9 Å². The summed E-state index contributed by atoms with van der Waals surface area (Å²) in [5.74, 6) is 10.4. The van der Waals surface area contributed by atoms with Crippen molar-refractivity contribution >= 4 is 22.9 Å². The molecule has 1 fully saturated rings. The number of nitrogens with zero attached hydrogens (tertiary/aromatic N) is 3. The van der Waals surface area contributed by atoms with Crippen LogP contribution in [0.3, 0.4) is 0 Å². The van der Waals surface area contributed by atoms with Crippen LogP contribution in [0.1, 0.15) is 32.1 Å². The third kappa shape index (κ3) is 5.48. The quantitative estimate of drug-likeness (QED) is 0.419. The lowest BCUT2D eigenvalue weighted by Gasteiger charge is -2.14. The molecule has 0 unspecified atom stereocenters. The zero-order chi connectivity index (χ0) is 24.8. The highest BCUT2D eigenvalue weighted by Gasteiger charge is 2.35. The van der Waals surface area contributed by atoms with Crippen LogP contribution in [0, 0.1) is 42.4 Å². The van der Waals surface area contributed by atoms with Gasteiger partial charge in [-0.25, -0.2) is 0 Å². The van der Waals surface area contributed by atoms with Gasteiger partial charge in [0.15, 0.2) is 5.65 Å². The van der Waals surface area contributed by atoms with Crippen LogP contribution in [0.25, 0.3) is 11.0 Å². The lowest BCUT2D eigenvalue weighted by Crippen LogP contribution is -2.24. The van der Waals surface area contributed by atoms with Gasteiger partial charge in [0.25, 0.3) is 5.56 Å². The lowest BCUT2D eigenvalue weighted by atomic mass is 10.2. The van der Waals surface area contributed by atoms with E-state index in [4.69, 9.17) is 17.6 Å². The lowest BCUT2D eigenvalue weighted by molar-refractivity contribution is -0.118. The standard InChI is InChI=1S/C24H27N5O5/c1-5-9-28(10-6-2)11-7-8-16-13-29(19-12-17(31)18(14-30)34-19)21-20(16)23(33)27-24(25-21)26-22(32)15(3)4/h1-2,13,15,17-19,30-31H,9-12,14H2,3-4H3,(H2,25,26,27,32,33)/t17-,18+,19+/m0/s1. The molecule has 0 bridgehead atoms. The Morgan fingerprint density at radius 2 is 2.09 bits per heavy atom. The number of fused-ring (bicyclic) bond motifs is 1. The summed E-state index contributed by atoms with van der Waals surface area (Å²) in [6, 6.07) is 0. The van der Waals surface area contributed by atoms with E-state index in [0.717, 1.165) is 0 Å². The summed E-state index contributed by atoms with van der Waals surface area (Å²) in [6.45, 7) is 4.04. The van der Waals surface area contributed by atoms with Crippen LogP contribution < -0.4 is 10.9 Å². The van der Waals surface area contributed by atoms with Crippen LogP contribution in [0.15, 0.2) is 11.0 Å². The van der Waals surface area contributed by atoms with Crippen molar-refractivity contribution in [3.05, 3.63) is 22.1 Å². The highest BCUT2D eigenvalue weighted by molar-refractivity contribution is 5.91. The molecule has 34 heavy (non-hydrogen) atoms. The smallest absolute Gasteiger partial charge is 0.263 e. The number of aromatic nitrogens is 3. The average molecular weight is 466 g/mol. The van der Waals surface area contributed by atoms with Crippen molar-refractivity contribution in [3.63, 3.8) is 0 Å². The number of carbonyl (C=O) groups excluding carboxylic acids is 1. The van der Waals surface area contributed by atoms with E-state index in [9.17, 15) is 19.8 Å². The van der Waals surface area contributed by atoms with Gasteiger partial charge >= 0.3 is 0 Å². The SMILES string of the molecule is C#CCN(CC#C)CC#Cc1cn([C@H]2C[C@H](O)[C@@H](CO)O2)c2nc(NC(=O)C(C)C)[nH]c(=O)c12. The Morgan fingerprint density at radius 3 is 2.68 bits per heavy atom. The normalized spacial score (nSPS) is 19.6. The van der Waals surface area contributed by atoms with E-state index >= 15 is 0 Å². The van der Waals surface area contributed by atoms with Crippen molar-refractivity contribution in [2.45, 2.75) is 38.7 Å². The maximum Gasteiger partial charge on any atom is 0.263 e. The number of ether oxygens (including phenoxy) is 1. The van der Waals surface area contributed by atoms with Crippen molar-refractivity contribution < 1.29 is 19.7 Å². The van der Waals surface area contributed by atoms with Crippen molar-refractivity contribution in [1.29, 1.82) is 0 Å². The Kier molecular flexibility index (Phi) is 8.12. The second-order valence-corrected chi connectivity index (χ2v) is 8.18. The molecule has 0 radical (unpaired) electrons. The minimum Gasteiger partial charge on any atom is -0.394 e. The fourth-order valence-electron chi connectivity index (χ4n) is 3.51. The second kappa shape index (κ2) is 11.0. The van der Waals surface area contributed by atoms with Gasteiger partial charge in [0, 0.05) is 18.5 Å². The molecule has 10 nitrogen and oxygen atoms in total. The van der Waals surface area contributed by atoms with E-state index in [1.54, 1.807) is 29.5 Å². The Balaban J connectivity index is 2.05. The topological polar surface area (TPSA) is 133 Å². The molecule has 0 aromatic carbocycles. The molecule has 10 heteroatoms. The first-order valence-electron chi connectivity index (χ1n) is 10.8. The molecular formula is C24H27N5O5. The summed E-state index contributed by atoms with van der Waals surface area (Å²) < 4.78 is 7.34. The number of carbonyl (C=O) groups is 1. The van der Waals surface area contributed by atoms with E-state index in [0.29, 0.717) is 25.2 Å². The molecule has 1 amide bonds. The Hall–Kier alpha value is -3.59. The number of H-pyrrole nitrogens is 1. The van der Waals surface area contributed by atoms with E-state index in [1.165, 1.54) is 0 Å².